The molecule has 0 fully saturated rings. The minimum atomic E-state index is -2.71. The first-order valence-corrected chi connectivity index (χ1v) is 31.0. The van der Waals surface area contributed by atoms with E-state index in [4.69, 9.17) is 9.16 Å². The second-order valence-corrected chi connectivity index (χ2v) is 26.4. The Morgan fingerprint density at radius 3 is 1.06 bits per heavy atom. The van der Waals surface area contributed by atoms with E-state index in [9.17, 15) is 0 Å². The minimum Gasteiger partial charge on any atom is -0.454 e. The number of benzene rings is 12. The molecule has 80 heavy (non-hydrogen) atoms. The highest BCUT2D eigenvalue weighted by molar-refractivity contribution is 7.88. The van der Waals surface area contributed by atoms with Crippen LogP contribution in [0.5, 0.6) is 0 Å². The highest BCUT2D eigenvalue weighted by Gasteiger charge is 2.39. The third-order valence-electron chi connectivity index (χ3n) is 15.7. The van der Waals surface area contributed by atoms with Crippen molar-refractivity contribution in [2.45, 2.75) is 13.8 Å². The number of hydrogen-bond acceptors (Lipinski definition) is 2. The molecular weight excluding hydrogens is 1010 g/mol. The number of rotatable bonds is 12. The predicted octanol–water partition coefficient (Wildman–Crippen LogP) is 13.0. The lowest BCUT2D eigenvalue weighted by Crippen LogP contribution is -2.74. The van der Waals surface area contributed by atoms with Gasteiger partial charge in [0.1, 0.15) is 17.3 Å². The van der Waals surface area contributed by atoms with E-state index in [-0.39, 0.29) is 0 Å². The molecular formula is C74H61BN2OP2. The van der Waals surface area contributed by atoms with Gasteiger partial charge in [0, 0.05) is 48.9 Å². The number of nitrogens with one attached hydrogen (secondary N) is 1. The van der Waals surface area contributed by atoms with Crippen molar-refractivity contribution in [1.82, 2.24) is 0 Å². The van der Waals surface area contributed by atoms with E-state index in [2.05, 4.69) is 346 Å². The molecule has 0 amide bonds. The van der Waals surface area contributed by atoms with Gasteiger partial charge in [-0.1, -0.05) is 279 Å². The first-order chi connectivity index (χ1) is 39.5. The Kier molecular flexibility index (Phi) is 14.9. The van der Waals surface area contributed by atoms with Crippen molar-refractivity contribution in [1.29, 1.82) is 0 Å². The molecule has 1 heterocycles. The van der Waals surface area contributed by atoms with E-state index in [1.807, 2.05) is 0 Å². The van der Waals surface area contributed by atoms with Crippen molar-refractivity contribution in [3.05, 3.63) is 339 Å². The van der Waals surface area contributed by atoms with Crippen LogP contribution in [0.1, 0.15) is 11.1 Å². The second kappa shape index (κ2) is 23.1. The number of aryl methyl sites for hydroxylation is 2. The van der Waals surface area contributed by atoms with Gasteiger partial charge in [-0.05, 0) is 61.9 Å². The van der Waals surface area contributed by atoms with Crippen molar-refractivity contribution in [3.8, 4) is 0 Å². The summed E-state index contributed by atoms with van der Waals surface area (Å²) in [7, 11) is -5.31. The molecule has 0 saturated carbocycles. The maximum absolute atomic E-state index is 7.50. The summed E-state index contributed by atoms with van der Waals surface area (Å²) in [6, 6.07) is 117. The largest absolute Gasteiger partial charge is 0.454 e. The molecule has 12 aromatic carbocycles. The van der Waals surface area contributed by atoms with Crippen LogP contribution < -0.4 is 58.4 Å². The van der Waals surface area contributed by atoms with Gasteiger partial charge in [0.2, 0.25) is 5.69 Å². The summed E-state index contributed by atoms with van der Waals surface area (Å²) in [5, 5.41) is 9.22. The van der Waals surface area contributed by atoms with Crippen molar-refractivity contribution in [2.24, 2.45) is 4.74 Å². The lowest BCUT2D eigenvalue weighted by Gasteiger charge is -2.44. The van der Waals surface area contributed by atoms with E-state index in [1.54, 1.807) is 0 Å². The quantitative estimate of drug-likeness (QED) is 0.0961. The average Bonchev–Trinajstić information content (AvgIpc) is 4.03. The summed E-state index contributed by atoms with van der Waals surface area (Å²) < 4.78 is 17.6. The summed E-state index contributed by atoms with van der Waals surface area (Å²) in [6.07, 6.45) is -1.22. The Morgan fingerprint density at radius 2 is 0.650 bits per heavy atom. The molecule has 0 aliphatic carbocycles. The molecule has 6 heteroatoms. The number of para-hydroxylation sites is 3. The van der Waals surface area contributed by atoms with Gasteiger partial charge in [-0.25, -0.2) is 4.74 Å². The SMILES string of the molecule is Cc1ccccc1N=P(c1ccccc1)(c1ccccc1)c1cccc2c1oc1c(P(=[NH+]c3ccccc3C)(c3ccccc3)c3ccccc3)cccc12.c1ccc([B-](c2ccccc2)(c2ccccc2)c2ccccc2)cc1. The average molecular weight is 1070 g/mol. The maximum atomic E-state index is 7.50. The molecule has 0 saturated heterocycles. The predicted molar refractivity (Wildman–Crippen MR) is 346 cm³/mol. The molecule has 13 rings (SSSR count). The van der Waals surface area contributed by atoms with Crippen LogP contribution in [-0.2, 0) is 0 Å². The fourth-order valence-electron chi connectivity index (χ4n) is 12.0. The molecule has 386 valence electrons. The Bertz CT molecular complexity index is 3860. The second-order valence-electron chi connectivity index (χ2n) is 20.4. The minimum absolute atomic E-state index is 0.874. The first kappa shape index (κ1) is 51.7. The Labute approximate surface area is 471 Å². The maximum Gasteiger partial charge on any atom is 0.202 e. The van der Waals surface area contributed by atoms with E-state index >= 15 is 0 Å². The van der Waals surface area contributed by atoms with E-state index in [0.717, 1.165) is 49.5 Å². The van der Waals surface area contributed by atoms with Gasteiger partial charge in [0.05, 0.1) is 18.0 Å². The fourth-order valence-corrected chi connectivity index (χ4v) is 19.5. The molecule has 13 aromatic rings. The van der Waals surface area contributed by atoms with E-state index in [0.29, 0.717) is 0 Å². The van der Waals surface area contributed by atoms with Gasteiger partial charge in [-0.15, -0.1) is 0 Å². The highest BCUT2D eigenvalue weighted by Crippen LogP contribution is 2.52. The van der Waals surface area contributed by atoms with Gasteiger partial charge < -0.3 is 4.42 Å². The van der Waals surface area contributed by atoms with Crippen molar-refractivity contribution < 1.29 is 9.16 Å². The van der Waals surface area contributed by atoms with Gasteiger partial charge >= 0.3 is 0 Å². The van der Waals surface area contributed by atoms with Crippen molar-refractivity contribution in [3.63, 3.8) is 0 Å². The van der Waals surface area contributed by atoms with Crippen molar-refractivity contribution >= 4 is 107 Å². The van der Waals surface area contributed by atoms with Crippen LogP contribution in [0.2, 0.25) is 0 Å². The molecule has 0 aliphatic rings. The third kappa shape index (κ3) is 9.52. The molecule has 0 spiro atoms. The topological polar surface area (TPSA) is 39.5 Å². The number of hydrogen-bond donors (Lipinski definition) is 1. The Morgan fingerprint density at radius 1 is 0.312 bits per heavy atom. The molecule has 0 aliphatic heterocycles. The van der Waals surface area contributed by atoms with Gasteiger partial charge in [-0.2, -0.15) is 21.9 Å². The molecule has 0 bridgehead atoms. The third-order valence-corrected chi connectivity index (χ3v) is 23.2. The van der Waals surface area contributed by atoms with Gasteiger partial charge in [0.25, 0.3) is 0 Å². The number of fused-ring (bicyclic) bond motifs is 3. The normalized spacial score (nSPS) is 11.6. The summed E-state index contributed by atoms with van der Waals surface area (Å²) in [4.78, 5) is 0. The molecule has 0 atom stereocenters. The molecule has 1 N–H and O–H groups in total. The summed E-state index contributed by atoms with van der Waals surface area (Å²) in [5.41, 5.74) is 11.5. The lowest BCUT2D eigenvalue weighted by molar-refractivity contribution is -0.327. The van der Waals surface area contributed by atoms with Crippen LogP contribution in [0.3, 0.4) is 0 Å². The summed E-state index contributed by atoms with van der Waals surface area (Å²) in [5.74, 6) is 0. The Hall–Kier alpha value is -9.04. The molecule has 1 aromatic heterocycles. The van der Waals surface area contributed by atoms with Crippen LogP contribution >= 0.6 is 14.1 Å². The van der Waals surface area contributed by atoms with E-state index in [1.165, 1.54) is 48.6 Å². The van der Waals surface area contributed by atoms with Crippen molar-refractivity contribution in [2.75, 3.05) is 0 Å². The smallest absolute Gasteiger partial charge is 0.202 e. The molecule has 3 nitrogen and oxygen atoms in total. The zero-order valence-corrected chi connectivity index (χ0v) is 46.8. The van der Waals surface area contributed by atoms with Crippen LogP contribution in [0, 0.1) is 13.8 Å². The fraction of sp³-hybridized carbons (Fsp3) is 0.0270. The Balaban J connectivity index is 0.000000212. The van der Waals surface area contributed by atoms with E-state index < -0.39 is 20.3 Å². The summed E-state index contributed by atoms with van der Waals surface area (Å²) in [6.45, 7) is 4.32. The monoisotopic (exact) mass is 1070 g/mol. The van der Waals surface area contributed by atoms with Crippen LogP contribution in [0.25, 0.3) is 21.9 Å². The highest BCUT2D eigenvalue weighted by atomic mass is 31.2. The standard InChI is InChI=1S/C50H40N2OP2.C24H20B/c1-37-21-15-17-33-45(37)51-54(39-23-7-3-8-24-39,40-25-9-4-10-26-40)47-35-19-31-43-44-32-20-36-48(50(44)53-49(43)47)55(41-27-11-5-12-28-41,42-29-13-6-14-30-42)52-46-34-18-16-22-38(46)2;1-5-13-21(14-6-1)25(22-15-7-2-8-16-22,23-17-9-3-10-18-23)24-19-11-4-12-20-24/h3-36H,1-2H3;1-20H/q;-1/p+1. The lowest BCUT2D eigenvalue weighted by atomic mass is 9.13. The summed E-state index contributed by atoms with van der Waals surface area (Å²) >= 11 is 0. The molecule has 0 unspecified atom stereocenters. The zero-order valence-electron chi connectivity index (χ0n) is 45.0. The van der Waals surface area contributed by atoms with Gasteiger partial charge in [0.15, 0.2) is 7.05 Å². The zero-order chi connectivity index (χ0) is 54.2. The van der Waals surface area contributed by atoms with Gasteiger partial charge in [-0.3, -0.25) is 4.74 Å². The number of nitrogens with zero attached hydrogens (tertiary/aromatic N) is 1. The van der Waals surface area contributed by atoms with Crippen LogP contribution in [0.15, 0.2) is 337 Å². The first-order valence-electron chi connectivity index (χ1n) is 27.5. The number of furan rings is 1. The van der Waals surface area contributed by atoms with Crippen LogP contribution in [-0.4, -0.2) is 6.15 Å². The van der Waals surface area contributed by atoms with Crippen LogP contribution in [0.4, 0.5) is 11.4 Å². The molecule has 0 radical (unpaired) electrons.